The number of halogens is 1. The molecule has 1 atom stereocenters. The average Bonchev–Trinajstić information content (AvgIpc) is 2.14. The van der Waals surface area contributed by atoms with Crippen molar-refractivity contribution in [1.29, 1.82) is 0 Å². The molecular weight excluding hydrogens is 238 g/mol. The summed E-state index contributed by atoms with van der Waals surface area (Å²) in [5, 5.41) is 9.64. The van der Waals surface area contributed by atoms with Gasteiger partial charge < -0.3 is 9.59 Å². The van der Waals surface area contributed by atoms with Gasteiger partial charge in [0.25, 0.3) is 0 Å². The fourth-order valence-corrected chi connectivity index (χ4v) is 2.02. The van der Waals surface area contributed by atoms with Crippen molar-refractivity contribution < 1.29 is 14.4 Å². The highest BCUT2D eigenvalue weighted by molar-refractivity contribution is 6.30. The highest BCUT2D eigenvalue weighted by Crippen LogP contribution is 2.23. The third-order valence-electron chi connectivity index (χ3n) is 2.53. The molecular formula is C13H19ClNO2+. The Hall–Kier alpha value is -1.06. The van der Waals surface area contributed by atoms with Gasteiger partial charge in [-0.1, -0.05) is 23.7 Å². The second-order valence-corrected chi connectivity index (χ2v) is 5.76. The molecule has 0 aliphatic carbocycles. The fourth-order valence-electron chi connectivity index (χ4n) is 1.89. The van der Waals surface area contributed by atoms with Crippen LogP contribution in [0.1, 0.15) is 17.9 Å². The molecule has 0 saturated heterocycles. The minimum absolute atomic E-state index is 0.0183. The molecule has 0 bridgehead atoms. The number of likely N-dealkylation sites (N-methyl/N-ethyl adjacent to an activating group) is 1. The van der Waals surface area contributed by atoms with Crippen LogP contribution in [0, 0.1) is 0 Å². The number of aliphatic carboxylic acids is 1. The largest absolute Gasteiger partial charge is 0.481 e. The van der Waals surface area contributed by atoms with Crippen molar-refractivity contribution in [2.45, 2.75) is 12.3 Å². The first-order chi connectivity index (χ1) is 7.78. The predicted molar refractivity (Wildman–Crippen MR) is 69.3 cm³/mol. The number of hydrogen-bond donors (Lipinski definition) is 1. The van der Waals surface area contributed by atoms with E-state index in [0.717, 1.165) is 16.6 Å². The Balaban J connectivity index is 2.89. The van der Waals surface area contributed by atoms with Gasteiger partial charge in [0.15, 0.2) is 0 Å². The van der Waals surface area contributed by atoms with Crippen molar-refractivity contribution >= 4 is 17.6 Å². The summed E-state index contributed by atoms with van der Waals surface area (Å²) in [5.74, 6) is -0.747. The number of hydrogen-bond acceptors (Lipinski definition) is 1. The maximum Gasteiger partial charge on any atom is 0.304 e. The van der Waals surface area contributed by atoms with Gasteiger partial charge in [0.2, 0.25) is 0 Å². The van der Waals surface area contributed by atoms with Crippen molar-refractivity contribution in [3.05, 3.63) is 34.9 Å². The van der Waals surface area contributed by atoms with Crippen molar-refractivity contribution in [3.8, 4) is 0 Å². The third-order valence-corrected chi connectivity index (χ3v) is 2.78. The van der Waals surface area contributed by atoms with Crippen LogP contribution in [0.5, 0.6) is 0 Å². The summed E-state index contributed by atoms with van der Waals surface area (Å²) in [7, 11) is 6.18. The van der Waals surface area contributed by atoms with E-state index in [4.69, 9.17) is 16.7 Å². The van der Waals surface area contributed by atoms with E-state index in [1.807, 2.05) is 12.1 Å². The molecule has 94 valence electrons. The van der Waals surface area contributed by atoms with E-state index < -0.39 is 5.97 Å². The van der Waals surface area contributed by atoms with Gasteiger partial charge in [0.05, 0.1) is 34.1 Å². The van der Waals surface area contributed by atoms with Crippen LogP contribution in [-0.2, 0) is 4.79 Å². The van der Waals surface area contributed by atoms with Gasteiger partial charge in [0.1, 0.15) is 0 Å². The quantitative estimate of drug-likeness (QED) is 0.823. The molecule has 0 fully saturated rings. The molecule has 0 aliphatic rings. The lowest BCUT2D eigenvalue weighted by Gasteiger charge is -2.28. The summed E-state index contributed by atoms with van der Waals surface area (Å²) in [6, 6.07) is 7.43. The Kier molecular flexibility index (Phi) is 4.54. The molecule has 3 nitrogen and oxygen atoms in total. The molecule has 4 heteroatoms. The van der Waals surface area contributed by atoms with Crippen molar-refractivity contribution in [3.63, 3.8) is 0 Å². The number of benzene rings is 1. The van der Waals surface area contributed by atoms with Gasteiger partial charge in [0, 0.05) is 10.9 Å². The van der Waals surface area contributed by atoms with Gasteiger partial charge in [-0.15, -0.1) is 0 Å². The van der Waals surface area contributed by atoms with Crippen LogP contribution in [0.4, 0.5) is 0 Å². The molecule has 0 amide bonds. The third kappa shape index (κ3) is 5.20. The standard InChI is InChI=1S/C13H18ClNO2/c1-15(2,3)9-11(8-13(16)17)10-4-6-12(14)7-5-10/h4-7,11H,8-9H2,1-3H3/p+1. The lowest BCUT2D eigenvalue weighted by molar-refractivity contribution is -0.871. The zero-order chi connectivity index (χ0) is 13.1. The Morgan fingerprint density at radius 3 is 2.24 bits per heavy atom. The van der Waals surface area contributed by atoms with Gasteiger partial charge in [-0.05, 0) is 17.7 Å². The van der Waals surface area contributed by atoms with Crippen LogP contribution in [0.2, 0.25) is 5.02 Å². The molecule has 0 heterocycles. The number of nitrogens with zero attached hydrogens (tertiary/aromatic N) is 1. The van der Waals surface area contributed by atoms with E-state index in [9.17, 15) is 4.79 Å². The molecule has 0 spiro atoms. The predicted octanol–water partition coefficient (Wildman–Crippen LogP) is 2.60. The Bertz CT molecular complexity index is 381. The van der Waals surface area contributed by atoms with Crippen LogP contribution >= 0.6 is 11.6 Å². The molecule has 0 saturated carbocycles. The fraction of sp³-hybridized carbons (Fsp3) is 0.462. The van der Waals surface area contributed by atoms with Crippen LogP contribution in [0.3, 0.4) is 0 Å². The average molecular weight is 257 g/mol. The SMILES string of the molecule is C[N+](C)(C)CC(CC(=O)O)c1ccc(Cl)cc1. The first kappa shape index (κ1) is 14.0. The monoisotopic (exact) mass is 256 g/mol. The maximum absolute atomic E-state index is 10.9. The van der Waals surface area contributed by atoms with Gasteiger partial charge in [-0.3, -0.25) is 4.79 Å². The lowest BCUT2D eigenvalue weighted by atomic mass is 9.95. The van der Waals surface area contributed by atoms with Crippen LogP contribution in [-0.4, -0.2) is 43.2 Å². The molecule has 1 aromatic carbocycles. The van der Waals surface area contributed by atoms with E-state index >= 15 is 0 Å². The van der Waals surface area contributed by atoms with E-state index in [0.29, 0.717) is 5.02 Å². The highest BCUT2D eigenvalue weighted by atomic mass is 35.5. The second-order valence-electron chi connectivity index (χ2n) is 5.32. The highest BCUT2D eigenvalue weighted by Gasteiger charge is 2.22. The molecule has 17 heavy (non-hydrogen) atoms. The number of carboxylic acids is 1. The number of carboxylic acid groups (broad SMARTS) is 1. The van der Waals surface area contributed by atoms with Crippen molar-refractivity contribution in [1.82, 2.24) is 0 Å². The van der Waals surface area contributed by atoms with E-state index in [1.165, 1.54) is 0 Å². The molecule has 1 unspecified atom stereocenters. The zero-order valence-electron chi connectivity index (χ0n) is 10.5. The lowest BCUT2D eigenvalue weighted by Crippen LogP contribution is -2.39. The molecule has 1 aromatic rings. The van der Waals surface area contributed by atoms with Crippen molar-refractivity contribution in [2.75, 3.05) is 27.7 Å². The second kappa shape index (κ2) is 5.52. The smallest absolute Gasteiger partial charge is 0.304 e. The molecule has 1 N–H and O–H groups in total. The Morgan fingerprint density at radius 1 is 1.29 bits per heavy atom. The van der Waals surface area contributed by atoms with Crippen LogP contribution < -0.4 is 0 Å². The first-order valence-corrected chi connectivity index (χ1v) is 5.93. The van der Waals surface area contributed by atoms with Crippen molar-refractivity contribution in [2.24, 2.45) is 0 Å². The summed E-state index contributed by atoms with van der Waals surface area (Å²) >= 11 is 5.83. The molecule has 0 aromatic heterocycles. The zero-order valence-corrected chi connectivity index (χ0v) is 11.2. The topological polar surface area (TPSA) is 37.3 Å². The maximum atomic E-state index is 10.9. The van der Waals surface area contributed by atoms with E-state index in [2.05, 4.69) is 21.1 Å². The molecule has 1 rings (SSSR count). The Labute approximate surface area is 107 Å². The molecule has 0 radical (unpaired) electrons. The minimum atomic E-state index is -0.765. The summed E-state index contributed by atoms with van der Waals surface area (Å²) < 4.78 is 0.737. The number of quaternary nitrogens is 1. The minimum Gasteiger partial charge on any atom is -0.481 e. The Morgan fingerprint density at radius 2 is 1.82 bits per heavy atom. The van der Waals surface area contributed by atoms with Crippen LogP contribution in [0.15, 0.2) is 24.3 Å². The normalized spacial score (nSPS) is 13.4. The van der Waals surface area contributed by atoms with Crippen LogP contribution in [0.25, 0.3) is 0 Å². The summed E-state index contributed by atoms with van der Waals surface area (Å²) in [5.41, 5.74) is 1.03. The van der Waals surface area contributed by atoms with E-state index in [-0.39, 0.29) is 12.3 Å². The number of carbonyl (C=O) groups is 1. The van der Waals surface area contributed by atoms with E-state index in [1.54, 1.807) is 12.1 Å². The van der Waals surface area contributed by atoms with Gasteiger partial charge in [-0.2, -0.15) is 0 Å². The van der Waals surface area contributed by atoms with Gasteiger partial charge in [-0.25, -0.2) is 0 Å². The van der Waals surface area contributed by atoms with Gasteiger partial charge >= 0.3 is 5.97 Å². The summed E-state index contributed by atoms with van der Waals surface area (Å²) in [4.78, 5) is 10.9. The summed E-state index contributed by atoms with van der Waals surface area (Å²) in [6.45, 7) is 0.786. The number of rotatable bonds is 5. The summed E-state index contributed by atoms with van der Waals surface area (Å²) in [6.07, 6.45) is 0.150. The first-order valence-electron chi connectivity index (χ1n) is 5.55. The molecule has 0 aliphatic heterocycles.